The molecule has 156 valence electrons. The molecule has 0 radical (unpaired) electrons. The number of nitrogens with two attached hydrogens (primary N) is 1. The van der Waals surface area contributed by atoms with Crippen molar-refractivity contribution in [1.29, 1.82) is 0 Å². The monoisotopic (exact) mass is 416 g/mol. The largest absolute Gasteiger partial charge is 0.493 e. The number of ether oxygens (including phenoxy) is 1. The van der Waals surface area contributed by atoms with Crippen molar-refractivity contribution in [2.75, 3.05) is 13.7 Å². The lowest BCUT2D eigenvalue weighted by molar-refractivity contribution is 0.296. The quantitative estimate of drug-likeness (QED) is 0.452. The Hall–Kier alpha value is -2.58. The highest BCUT2D eigenvalue weighted by atomic mass is 32.2. The second-order valence-corrected chi connectivity index (χ2v) is 8.90. The minimum atomic E-state index is -3.68. The molecule has 0 atom stereocenters. The van der Waals surface area contributed by atoms with Crippen molar-refractivity contribution >= 4 is 16.0 Å². The molecule has 1 fully saturated rings. The third kappa shape index (κ3) is 6.47. The number of primary sulfonamides is 1. The van der Waals surface area contributed by atoms with E-state index in [4.69, 9.17) is 9.88 Å². The SMILES string of the molecule is CN=C(NCc1ccc(S(N)(=O)=O)cc1)NCc1ccc(C)cc1OCC1CC1. The van der Waals surface area contributed by atoms with Gasteiger partial charge in [0.1, 0.15) is 5.75 Å². The van der Waals surface area contributed by atoms with E-state index < -0.39 is 10.0 Å². The molecule has 0 aromatic heterocycles. The highest BCUT2D eigenvalue weighted by Gasteiger charge is 2.22. The molecule has 0 amide bonds. The van der Waals surface area contributed by atoms with Crippen molar-refractivity contribution in [3.8, 4) is 5.75 Å². The van der Waals surface area contributed by atoms with Crippen LogP contribution < -0.4 is 20.5 Å². The van der Waals surface area contributed by atoms with Crippen molar-refractivity contribution < 1.29 is 13.2 Å². The lowest BCUT2D eigenvalue weighted by Crippen LogP contribution is -2.36. The van der Waals surface area contributed by atoms with E-state index in [0.29, 0.717) is 25.0 Å². The third-order valence-corrected chi connectivity index (χ3v) is 5.71. The van der Waals surface area contributed by atoms with Crippen molar-refractivity contribution in [2.24, 2.45) is 16.0 Å². The molecule has 1 saturated carbocycles. The third-order valence-electron chi connectivity index (χ3n) is 4.78. The summed E-state index contributed by atoms with van der Waals surface area (Å²) in [5.74, 6) is 2.26. The summed E-state index contributed by atoms with van der Waals surface area (Å²) in [6.45, 7) is 3.93. The van der Waals surface area contributed by atoms with Gasteiger partial charge in [-0.25, -0.2) is 13.6 Å². The summed E-state index contributed by atoms with van der Waals surface area (Å²) in [5, 5.41) is 11.6. The molecule has 1 aliphatic rings. The van der Waals surface area contributed by atoms with Gasteiger partial charge in [0.2, 0.25) is 10.0 Å². The van der Waals surface area contributed by atoms with E-state index in [2.05, 4.69) is 40.7 Å². The van der Waals surface area contributed by atoms with Gasteiger partial charge in [-0.15, -0.1) is 0 Å². The number of hydrogen-bond acceptors (Lipinski definition) is 4. The van der Waals surface area contributed by atoms with E-state index in [-0.39, 0.29) is 4.90 Å². The minimum Gasteiger partial charge on any atom is -0.493 e. The standard InChI is InChI=1S/C21H28N4O3S/c1-15-3-8-18(20(11-15)28-14-17-4-5-17)13-25-21(23-2)24-12-16-6-9-19(10-7-16)29(22,26)27/h3,6-11,17H,4-5,12-14H2,1-2H3,(H2,22,26,27)(H2,23,24,25). The van der Waals surface area contributed by atoms with Crippen LogP contribution in [0.15, 0.2) is 52.4 Å². The summed E-state index contributed by atoms with van der Waals surface area (Å²) in [6.07, 6.45) is 2.52. The van der Waals surface area contributed by atoms with Gasteiger partial charge in [0.15, 0.2) is 5.96 Å². The first-order chi connectivity index (χ1) is 13.8. The first-order valence-electron chi connectivity index (χ1n) is 9.64. The Balaban J connectivity index is 1.55. The maximum atomic E-state index is 11.3. The van der Waals surface area contributed by atoms with Crippen LogP contribution in [-0.4, -0.2) is 28.0 Å². The van der Waals surface area contributed by atoms with Gasteiger partial charge < -0.3 is 15.4 Å². The average molecular weight is 417 g/mol. The summed E-state index contributed by atoms with van der Waals surface area (Å²) < 4.78 is 28.7. The Bertz CT molecular complexity index is 968. The number of sulfonamides is 1. The molecule has 0 bridgehead atoms. The molecular formula is C21H28N4O3S. The van der Waals surface area contributed by atoms with Crippen molar-refractivity contribution in [1.82, 2.24) is 10.6 Å². The number of aryl methyl sites for hydroxylation is 1. The number of guanidine groups is 1. The van der Waals surface area contributed by atoms with Crippen LogP contribution in [-0.2, 0) is 23.1 Å². The maximum absolute atomic E-state index is 11.3. The molecule has 2 aromatic carbocycles. The molecule has 29 heavy (non-hydrogen) atoms. The second-order valence-electron chi connectivity index (χ2n) is 7.33. The predicted molar refractivity (Wildman–Crippen MR) is 114 cm³/mol. The molecule has 7 nitrogen and oxygen atoms in total. The number of hydrogen-bond donors (Lipinski definition) is 3. The fourth-order valence-corrected chi connectivity index (χ4v) is 3.33. The van der Waals surface area contributed by atoms with E-state index in [1.54, 1.807) is 19.2 Å². The van der Waals surface area contributed by atoms with Gasteiger partial charge in [0.05, 0.1) is 11.5 Å². The normalized spacial score (nSPS) is 14.5. The van der Waals surface area contributed by atoms with Crippen molar-refractivity contribution in [3.63, 3.8) is 0 Å². The molecule has 2 aromatic rings. The van der Waals surface area contributed by atoms with Gasteiger partial charge in [-0.05, 0) is 55.0 Å². The number of benzene rings is 2. The lowest BCUT2D eigenvalue weighted by Gasteiger charge is -2.15. The van der Waals surface area contributed by atoms with Crippen LogP contribution in [0.25, 0.3) is 0 Å². The zero-order valence-corrected chi connectivity index (χ0v) is 17.6. The molecule has 0 saturated heterocycles. The zero-order valence-electron chi connectivity index (χ0n) is 16.8. The molecule has 8 heteroatoms. The summed E-state index contributed by atoms with van der Waals surface area (Å²) in [4.78, 5) is 4.34. The van der Waals surface area contributed by atoms with Gasteiger partial charge in [-0.2, -0.15) is 0 Å². The second kappa shape index (κ2) is 9.28. The minimum absolute atomic E-state index is 0.0989. The fraction of sp³-hybridized carbons (Fsp3) is 0.381. The summed E-state index contributed by atoms with van der Waals surface area (Å²) >= 11 is 0. The molecule has 4 N–H and O–H groups in total. The van der Waals surface area contributed by atoms with Gasteiger partial charge in [-0.3, -0.25) is 4.99 Å². The smallest absolute Gasteiger partial charge is 0.238 e. The average Bonchev–Trinajstić information content (AvgIpc) is 3.52. The summed E-state index contributed by atoms with van der Waals surface area (Å²) in [5.41, 5.74) is 3.17. The Morgan fingerprint density at radius 2 is 1.83 bits per heavy atom. The number of rotatable bonds is 8. The molecule has 0 aliphatic heterocycles. The molecule has 0 spiro atoms. The van der Waals surface area contributed by atoms with Crippen LogP contribution in [0.5, 0.6) is 5.75 Å². The van der Waals surface area contributed by atoms with Crippen LogP contribution in [0.3, 0.4) is 0 Å². The predicted octanol–water partition coefficient (Wildman–Crippen LogP) is 2.30. The van der Waals surface area contributed by atoms with E-state index in [0.717, 1.165) is 23.5 Å². The van der Waals surface area contributed by atoms with Crippen LogP contribution in [0.2, 0.25) is 0 Å². The van der Waals surface area contributed by atoms with E-state index in [1.807, 2.05) is 0 Å². The topological polar surface area (TPSA) is 106 Å². The van der Waals surface area contributed by atoms with Crippen LogP contribution in [0.4, 0.5) is 0 Å². The van der Waals surface area contributed by atoms with Gasteiger partial charge in [-0.1, -0.05) is 24.3 Å². The lowest BCUT2D eigenvalue weighted by atomic mass is 10.1. The van der Waals surface area contributed by atoms with Crippen LogP contribution in [0, 0.1) is 12.8 Å². The molecule has 0 unspecified atom stereocenters. The number of nitrogens with one attached hydrogen (secondary N) is 2. The Labute approximate surface area is 172 Å². The molecule has 1 aliphatic carbocycles. The first-order valence-corrected chi connectivity index (χ1v) is 11.2. The van der Waals surface area contributed by atoms with Gasteiger partial charge >= 0.3 is 0 Å². The summed E-state index contributed by atoms with van der Waals surface area (Å²) in [7, 11) is -1.97. The Morgan fingerprint density at radius 3 is 2.45 bits per heavy atom. The van der Waals surface area contributed by atoms with Gasteiger partial charge in [0.25, 0.3) is 0 Å². The molecule has 0 heterocycles. The van der Waals surface area contributed by atoms with Gasteiger partial charge in [0, 0.05) is 25.7 Å². The maximum Gasteiger partial charge on any atom is 0.238 e. The number of aliphatic imine (C=N–C) groups is 1. The summed E-state index contributed by atoms with van der Waals surface area (Å²) in [6, 6.07) is 12.7. The van der Waals surface area contributed by atoms with Crippen molar-refractivity contribution in [3.05, 3.63) is 59.2 Å². The Kier molecular flexibility index (Phi) is 6.76. The zero-order chi connectivity index (χ0) is 20.9. The van der Waals surface area contributed by atoms with Crippen molar-refractivity contribution in [2.45, 2.75) is 37.8 Å². The van der Waals surface area contributed by atoms with E-state index in [1.165, 1.54) is 30.5 Å². The van der Waals surface area contributed by atoms with Crippen LogP contribution >= 0.6 is 0 Å². The molecule has 3 rings (SSSR count). The fourth-order valence-electron chi connectivity index (χ4n) is 2.82. The highest BCUT2D eigenvalue weighted by Crippen LogP contribution is 2.30. The molecular weight excluding hydrogens is 388 g/mol. The first kappa shape index (κ1) is 21.1. The van der Waals surface area contributed by atoms with E-state index >= 15 is 0 Å². The van der Waals surface area contributed by atoms with Crippen LogP contribution in [0.1, 0.15) is 29.5 Å². The van der Waals surface area contributed by atoms with E-state index in [9.17, 15) is 8.42 Å². The highest BCUT2D eigenvalue weighted by molar-refractivity contribution is 7.89. The Morgan fingerprint density at radius 1 is 1.14 bits per heavy atom. The number of nitrogens with zero attached hydrogens (tertiary/aromatic N) is 1.